The van der Waals surface area contributed by atoms with Crippen molar-refractivity contribution in [3.05, 3.63) is 42.0 Å². The van der Waals surface area contributed by atoms with Crippen LogP contribution in [0.2, 0.25) is 0 Å². The molecule has 6 heterocycles. The van der Waals surface area contributed by atoms with Gasteiger partial charge in [0.05, 0.1) is 43.0 Å². The summed E-state index contributed by atoms with van der Waals surface area (Å²) < 4.78 is 89.1. The standard InChI is InChI=1S/C68H108O26/c1-9-12-14-18-26-33-46(71)89-62-61(94-64-52(77)50(75)48(73)38(5)81-64)57(91-65-53(78)58(55(39(6)82-65)90-63(80)37(4)11-3)88-47(72)35-34-42-28-23-21-24-29-42)41(8)84-68(62)92-56-40(7)83-66-54(79)59(56)87-45(70)32-27-20-17-15-16-19-25-31-43(30-22-13-10-2)85-67-60(93-66)51(76)49(74)44(36-69)86-67/h21,23-24,28-29,34-35,37-41,43-44,48-62,64-69,73-79H,9-20,22,25-27,30-33,36H2,1-8H3/b35-34+/t37-,38-,39-,40-,41-,43+,44+,48-,49+,50+,51-,52+,53+,54+,55-,56-,57-,58-,59-,60+,61+,62+,64-,65-,66-,67+,68-/m0/s1. The normalized spacial score (nSPS) is 39.4. The first-order valence-electron chi connectivity index (χ1n) is 34.5. The highest BCUT2D eigenvalue weighted by Gasteiger charge is 2.59. The van der Waals surface area contributed by atoms with E-state index in [-0.39, 0.29) is 18.9 Å². The number of fused-ring (bicyclic) bond motifs is 3. The van der Waals surface area contributed by atoms with Gasteiger partial charge < -0.3 is 107 Å². The monoisotopic (exact) mass is 1340 g/mol. The Bertz CT molecular complexity index is 2440. The summed E-state index contributed by atoms with van der Waals surface area (Å²) in [5.41, 5.74) is 0.658. The van der Waals surface area contributed by atoms with Crippen LogP contribution < -0.4 is 0 Å². The van der Waals surface area contributed by atoms with Gasteiger partial charge in [-0.3, -0.25) is 14.4 Å². The van der Waals surface area contributed by atoms with E-state index in [9.17, 15) is 60.0 Å². The third-order valence-corrected chi connectivity index (χ3v) is 18.6. The van der Waals surface area contributed by atoms with Crippen molar-refractivity contribution in [2.24, 2.45) is 5.92 Å². The maximum Gasteiger partial charge on any atom is 0.331 e. The van der Waals surface area contributed by atoms with E-state index in [2.05, 4.69) is 6.92 Å². The van der Waals surface area contributed by atoms with Crippen LogP contribution in [-0.2, 0) is 85.5 Å². The van der Waals surface area contributed by atoms with Gasteiger partial charge in [0.2, 0.25) is 0 Å². The van der Waals surface area contributed by atoms with Gasteiger partial charge in [-0.05, 0) is 71.4 Å². The molecule has 6 aliphatic heterocycles. The van der Waals surface area contributed by atoms with E-state index in [0.29, 0.717) is 50.5 Å². The molecule has 2 bridgehead atoms. The van der Waals surface area contributed by atoms with E-state index in [1.807, 2.05) is 6.92 Å². The molecule has 26 nitrogen and oxygen atoms in total. The van der Waals surface area contributed by atoms with Crippen LogP contribution in [0.15, 0.2) is 36.4 Å². The molecule has 26 heteroatoms. The van der Waals surface area contributed by atoms with Crippen molar-refractivity contribution in [2.75, 3.05) is 6.61 Å². The molecule has 0 spiro atoms. The molecule has 6 aliphatic rings. The van der Waals surface area contributed by atoms with Crippen molar-refractivity contribution < 1.29 is 126 Å². The zero-order valence-electron chi connectivity index (χ0n) is 55.9. The third-order valence-electron chi connectivity index (χ3n) is 18.6. The Morgan fingerprint density at radius 1 is 0.543 bits per heavy atom. The molecule has 0 aromatic heterocycles. The van der Waals surface area contributed by atoms with Gasteiger partial charge in [-0.15, -0.1) is 0 Å². The zero-order chi connectivity index (χ0) is 68.2. The summed E-state index contributed by atoms with van der Waals surface area (Å²) in [6.07, 6.45) is -24.6. The Morgan fingerprint density at radius 3 is 1.86 bits per heavy atom. The molecular weight excluding hydrogens is 1230 g/mol. The van der Waals surface area contributed by atoms with Gasteiger partial charge >= 0.3 is 23.9 Å². The van der Waals surface area contributed by atoms with Crippen LogP contribution in [-0.4, -0.2) is 231 Å². The maximum atomic E-state index is 14.4. The molecule has 1 aromatic carbocycles. The fourth-order valence-corrected chi connectivity index (χ4v) is 12.7. The van der Waals surface area contributed by atoms with Crippen LogP contribution in [0.4, 0.5) is 0 Å². The largest absolute Gasteiger partial charge is 0.456 e. The second-order valence-electron chi connectivity index (χ2n) is 26.1. The first kappa shape index (κ1) is 77.5. The first-order chi connectivity index (χ1) is 45.1. The van der Waals surface area contributed by atoms with Gasteiger partial charge in [0, 0.05) is 18.9 Å². The Balaban J connectivity index is 1.26. The van der Waals surface area contributed by atoms with E-state index in [1.54, 1.807) is 44.2 Å². The fraction of sp³-hybridized carbons (Fsp3) is 0.824. The molecule has 7 rings (SSSR count). The van der Waals surface area contributed by atoms with Gasteiger partial charge in [0.15, 0.2) is 55.9 Å². The Kier molecular flexibility index (Phi) is 31.7. The quantitative estimate of drug-likeness (QED) is 0.0292. The number of carbonyl (C=O) groups is 4. The summed E-state index contributed by atoms with van der Waals surface area (Å²) in [6, 6.07) is 8.86. The van der Waals surface area contributed by atoms with Crippen molar-refractivity contribution in [3.63, 3.8) is 0 Å². The average molecular weight is 1340 g/mol. The lowest BCUT2D eigenvalue weighted by Crippen LogP contribution is -2.68. The van der Waals surface area contributed by atoms with Gasteiger partial charge in [0.1, 0.15) is 73.2 Å². The molecule has 1 aromatic rings. The molecule has 8 N–H and O–H groups in total. The van der Waals surface area contributed by atoms with E-state index < -0.39 is 190 Å². The highest BCUT2D eigenvalue weighted by atomic mass is 16.8. The van der Waals surface area contributed by atoms with Crippen molar-refractivity contribution in [2.45, 2.75) is 343 Å². The zero-order valence-corrected chi connectivity index (χ0v) is 55.9. The second kappa shape index (κ2) is 38.5. The number of aliphatic hydroxyl groups is 8. The predicted molar refractivity (Wildman–Crippen MR) is 333 cm³/mol. The van der Waals surface area contributed by atoms with Crippen LogP contribution >= 0.6 is 0 Å². The number of aliphatic hydroxyl groups excluding tert-OH is 8. The number of hydrogen-bond acceptors (Lipinski definition) is 26. The Hall–Kier alpha value is -3.88. The summed E-state index contributed by atoms with van der Waals surface area (Å²) in [6.45, 7) is 12.9. The molecular formula is C68H108O26. The highest BCUT2D eigenvalue weighted by molar-refractivity contribution is 5.87. The lowest BCUT2D eigenvalue weighted by atomic mass is 9.95. The SMILES string of the molecule is CCCCCCCC(=O)O[C@H]1[C@H](O[C@@H]2[C@H]3OC(=O)CCCCCCCCC[C@@H](CCCCC)O[C@@H]4O[C@H](CO)[C@@H](O)[C@H](O)[C@H]4O[C@H](O[C@H]2C)[C@@H]3O)O[C@@H](C)[C@H](O[C@@H]2O[C@@H](C)[C@H](OC(=O)[C@@H](C)CC)[C@@H](OC(=O)/C=C/c3ccccc3)[C@H]2O)[C@H]1O[C@@H]1O[C@@H](C)[C@H](O)[C@@H](O)[C@H]1O. The molecule has 0 unspecified atom stereocenters. The van der Waals surface area contributed by atoms with E-state index in [1.165, 1.54) is 33.8 Å². The van der Waals surface area contributed by atoms with Gasteiger partial charge in [-0.1, -0.05) is 141 Å². The Morgan fingerprint density at radius 2 is 1.16 bits per heavy atom. The molecule has 6 saturated heterocycles. The minimum atomic E-state index is -1.96. The van der Waals surface area contributed by atoms with Crippen molar-refractivity contribution >= 4 is 30.0 Å². The number of unbranched alkanes of at least 4 members (excludes halogenated alkanes) is 6. The molecule has 536 valence electrons. The molecule has 6 fully saturated rings. The minimum absolute atomic E-state index is 0.0672. The number of rotatable bonds is 24. The predicted octanol–water partition coefficient (Wildman–Crippen LogP) is 5.01. The number of carbonyl (C=O) groups excluding carboxylic acids is 4. The smallest absolute Gasteiger partial charge is 0.331 e. The summed E-state index contributed by atoms with van der Waals surface area (Å²) >= 11 is 0. The highest BCUT2D eigenvalue weighted by Crippen LogP contribution is 2.40. The summed E-state index contributed by atoms with van der Waals surface area (Å²) in [5, 5.41) is 91.9. The van der Waals surface area contributed by atoms with Gasteiger partial charge in [0.25, 0.3) is 0 Å². The van der Waals surface area contributed by atoms with Gasteiger partial charge in [-0.2, -0.15) is 0 Å². The number of benzene rings is 1. The fourth-order valence-electron chi connectivity index (χ4n) is 12.7. The molecule has 27 atom stereocenters. The lowest BCUT2D eigenvalue weighted by molar-refractivity contribution is -0.400. The topological polar surface area (TPSA) is 359 Å². The molecule has 0 radical (unpaired) electrons. The van der Waals surface area contributed by atoms with Crippen molar-refractivity contribution in [3.8, 4) is 0 Å². The maximum absolute atomic E-state index is 14.4. The minimum Gasteiger partial charge on any atom is -0.456 e. The molecule has 0 amide bonds. The number of esters is 4. The average Bonchev–Trinajstić information content (AvgIpc) is 0.770. The van der Waals surface area contributed by atoms with Crippen LogP contribution in [0, 0.1) is 5.92 Å². The second-order valence-corrected chi connectivity index (χ2v) is 26.1. The van der Waals surface area contributed by atoms with Crippen molar-refractivity contribution in [1.82, 2.24) is 0 Å². The molecule has 0 aliphatic carbocycles. The Labute approximate surface area is 552 Å². The van der Waals surface area contributed by atoms with Crippen LogP contribution in [0.3, 0.4) is 0 Å². The van der Waals surface area contributed by atoms with E-state index in [0.717, 1.165) is 76.7 Å². The summed E-state index contributed by atoms with van der Waals surface area (Å²) in [4.78, 5) is 55.7. The summed E-state index contributed by atoms with van der Waals surface area (Å²) in [7, 11) is 0. The van der Waals surface area contributed by atoms with Crippen LogP contribution in [0.5, 0.6) is 0 Å². The lowest BCUT2D eigenvalue weighted by Gasteiger charge is -2.51. The summed E-state index contributed by atoms with van der Waals surface area (Å²) in [5.74, 6) is -3.70. The first-order valence-corrected chi connectivity index (χ1v) is 34.5. The van der Waals surface area contributed by atoms with Crippen molar-refractivity contribution in [1.29, 1.82) is 0 Å². The molecule has 94 heavy (non-hydrogen) atoms. The van der Waals surface area contributed by atoms with Crippen LogP contribution in [0.25, 0.3) is 6.08 Å². The third kappa shape index (κ3) is 21.3. The van der Waals surface area contributed by atoms with Gasteiger partial charge in [-0.25, -0.2) is 4.79 Å². The van der Waals surface area contributed by atoms with E-state index in [4.69, 9.17) is 66.3 Å². The van der Waals surface area contributed by atoms with E-state index >= 15 is 0 Å². The number of hydrogen-bond donors (Lipinski definition) is 8. The van der Waals surface area contributed by atoms with Crippen LogP contribution in [0.1, 0.15) is 189 Å². The molecule has 0 saturated carbocycles. The number of ether oxygens (including phenoxy) is 14.